The highest BCUT2D eigenvalue weighted by Gasteiger charge is 2.21. The Morgan fingerprint density at radius 3 is 2.68 bits per heavy atom. The number of aryl methyl sites for hydroxylation is 1. The molecule has 3 aromatic rings. The molecule has 0 bridgehead atoms. The fourth-order valence-electron chi connectivity index (χ4n) is 4.70. The first kappa shape index (κ1) is 25.8. The van der Waals surface area contributed by atoms with Crippen LogP contribution in [0, 0.1) is 6.92 Å². The van der Waals surface area contributed by atoms with Crippen LogP contribution in [0.5, 0.6) is 0 Å². The molecule has 0 saturated carbocycles. The van der Waals surface area contributed by atoms with Crippen molar-refractivity contribution in [3.8, 4) is 0 Å². The Hall–Kier alpha value is -2.81. The van der Waals surface area contributed by atoms with E-state index >= 15 is 0 Å². The quantitative estimate of drug-likeness (QED) is 0.321. The van der Waals surface area contributed by atoms with E-state index in [1.165, 1.54) is 0 Å². The Balaban J connectivity index is 1.18. The third kappa shape index (κ3) is 6.74. The van der Waals surface area contributed by atoms with Gasteiger partial charge in [-0.1, -0.05) is 47.6 Å². The van der Waals surface area contributed by atoms with E-state index in [0.717, 1.165) is 78.6 Å². The molecule has 2 saturated heterocycles. The molecule has 1 atom stereocenters. The van der Waals surface area contributed by atoms with Crippen molar-refractivity contribution in [2.45, 2.75) is 36.8 Å². The highest BCUT2D eigenvalue weighted by Crippen LogP contribution is 2.28. The lowest BCUT2D eigenvalue weighted by Crippen LogP contribution is -2.47. The summed E-state index contributed by atoms with van der Waals surface area (Å²) in [4.78, 5) is 26.8. The maximum Gasteiger partial charge on any atom is 0.251 e. The fraction of sp³-hybridized carbons (Fsp3) is 0.393. The van der Waals surface area contributed by atoms with Crippen LogP contribution in [0.1, 0.15) is 34.5 Å². The van der Waals surface area contributed by atoms with Gasteiger partial charge in [0.05, 0.1) is 16.8 Å². The second kappa shape index (κ2) is 12.2. The molecule has 3 heterocycles. The Morgan fingerprint density at radius 1 is 1.08 bits per heavy atom. The number of para-hydroxylation sites is 1. The Bertz CT molecular complexity index is 1230. The van der Waals surface area contributed by atoms with Gasteiger partial charge in [-0.05, 0) is 49.6 Å². The average Bonchev–Trinajstić information content (AvgIpc) is 3.45. The number of hydrogen-bond acceptors (Lipinski definition) is 7. The van der Waals surface area contributed by atoms with Gasteiger partial charge in [0.2, 0.25) is 0 Å². The van der Waals surface area contributed by atoms with E-state index in [2.05, 4.69) is 26.2 Å². The highest BCUT2D eigenvalue weighted by molar-refractivity contribution is 7.98. The monoisotopic (exact) mass is 537 g/mol. The molecule has 1 amide bonds. The first-order valence-electron chi connectivity index (χ1n) is 12.8. The van der Waals surface area contributed by atoms with Gasteiger partial charge in [0.1, 0.15) is 5.82 Å². The van der Waals surface area contributed by atoms with Crippen LogP contribution >= 0.6 is 23.4 Å². The lowest BCUT2D eigenvalue weighted by Gasteiger charge is -2.37. The van der Waals surface area contributed by atoms with Gasteiger partial charge in [-0.15, -0.1) is 0 Å². The van der Waals surface area contributed by atoms with E-state index in [-0.39, 0.29) is 12.0 Å². The fourth-order valence-corrected chi connectivity index (χ4v) is 5.80. The molecule has 0 radical (unpaired) electrons. The van der Waals surface area contributed by atoms with E-state index in [1.807, 2.05) is 55.5 Å². The predicted octanol–water partition coefficient (Wildman–Crippen LogP) is 4.97. The number of rotatable bonds is 8. The van der Waals surface area contributed by atoms with Crippen molar-refractivity contribution >= 4 is 40.8 Å². The third-order valence-electron chi connectivity index (χ3n) is 6.69. The summed E-state index contributed by atoms with van der Waals surface area (Å²) < 4.78 is 5.60. The van der Waals surface area contributed by atoms with Gasteiger partial charge in [0.15, 0.2) is 5.16 Å². The Kier molecular flexibility index (Phi) is 8.48. The third-order valence-corrected chi connectivity index (χ3v) is 7.93. The molecule has 2 aliphatic rings. The van der Waals surface area contributed by atoms with Crippen LogP contribution in [-0.2, 0) is 10.5 Å². The minimum Gasteiger partial charge on any atom is -0.376 e. The van der Waals surface area contributed by atoms with E-state index in [9.17, 15) is 4.79 Å². The number of anilines is 2. The molecule has 194 valence electrons. The van der Waals surface area contributed by atoms with Gasteiger partial charge in [0.25, 0.3) is 5.91 Å². The average molecular weight is 538 g/mol. The molecule has 0 unspecified atom stereocenters. The topological polar surface area (TPSA) is 70.6 Å². The molecule has 2 aromatic carbocycles. The molecule has 0 spiro atoms. The van der Waals surface area contributed by atoms with Gasteiger partial charge < -0.3 is 19.9 Å². The summed E-state index contributed by atoms with van der Waals surface area (Å²) in [5, 5.41) is 4.53. The van der Waals surface area contributed by atoms with Crippen molar-refractivity contribution in [1.82, 2.24) is 15.3 Å². The lowest BCUT2D eigenvalue weighted by molar-refractivity contribution is 0.0857. The first-order valence-corrected chi connectivity index (χ1v) is 14.1. The van der Waals surface area contributed by atoms with Crippen LogP contribution in [0.15, 0.2) is 59.8 Å². The van der Waals surface area contributed by atoms with Crippen molar-refractivity contribution in [3.05, 3.63) is 76.4 Å². The molecule has 7 nitrogen and oxygen atoms in total. The molecular weight excluding hydrogens is 506 g/mol. The molecular formula is C28H32ClN5O2S. The summed E-state index contributed by atoms with van der Waals surface area (Å²) in [5.74, 6) is 1.58. The van der Waals surface area contributed by atoms with Crippen molar-refractivity contribution in [2.24, 2.45) is 0 Å². The Morgan fingerprint density at radius 2 is 1.89 bits per heavy atom. The molecule has 1 aromatic heterocycles. The molecule has 2 fully saturated rings. The van der Waals surface area contributed by atoms with Gasteiger partial charge in [-0.2, -0.15) is 0 Å². The van der Waals surface area contributed by atoms with Gasteiger partial charge in [-0.3, -0.25) is 4.79 Å². The van der Waals surface area contributed by atoms with Crippen LogP contribution in [0.2, 0.25) is 5.02 Å². The maximum absolute atomic E-state index is 12.6. The van der Waals surface area contributed by atoms with Crippen molar-refractivity contribution in [2.75, 3.05) is 49.1 Å². The number of thioether (sulfide) groups is 1. The molecule has 37 heavy (non-hydrogen) atoms. The van der Waals surface area contributed by atoms with Crippen molar-refractivity contribution < 1.29 is 9.53 Å². The zero-order valence-electron chi connectivity index (χ0n) is 21.0. The molecule has 2 aliphatic heterocycles. The van der Waals surface area contributed by atoms with E-state index in [0.29, 0.717) is 17.9 Å². The van der Waals surface area contributed by atoms with E-state index in [4.69, 9.17) is 21.3 Å². The summed E-state index contributed by atoms with van der Waals surface area (Å²) >= 11 is 7.99. The smallest absolute Gasteiger partial charge is 0.251 e. The Labute approximate surface area is 227 Å². The zero-order valence-corrected chi connectivity index (χ0v) is 22.6. The summed E-state index contributed by atoms with van der Waals surface area (Å²) in [5.41, 5.74) is 3.76. The number of carbonyl (C=O) groups is 1. The van der Waals surface area contributed by atoms with Crippen LogP contribution in [0.25, 0.3) is 0 Å². The maximum atomic E-state index is 12.6. The number of hydrogen-bond donors (Lipinski definition) is 1. The second-order valence-electron chi connectivity index (χ2n) is 9.41. The summed E-state index contributed by atoms with van der Waals surface area (Å²) in [7, 11) is 0. The van der Waals surface area contributed by atoms with Crippen LogP contribution in [0.4, 0.5) is 11.5 Å². The molecule has 9 heteroatoms. The van der Waals surface area contributed by atoms with E-state index < -0.39 is 0 Å². The van der Waals surface area contributed by atoms with Crippen molar-refractivity contribution in [3.63, 3.8) is 0 Å². The zero-order chi connectivity index (χ0) is 25.6. The van der Waals surface area contributed by atoms with Gasteiger partial charge in [0, 0.05) is 62.4 Å². The largest absolute Gasteiger partial charge is 0.376 e. The number of nitrogens with zero attached hydrogens (tertiary/aromatic N) is 4. The SMILES string of the molecule is Cc1cc(N2CCN(c3ccccc3Cl)CC2)nc(SCc2cccc(C(=O)NC[C@@H]3CCCO3)c2)n1. The minimum atomic E-state index is -0.0626. The second-order valence-corrected chi connectivity index (χ2v) is 10.8. The van der Waals surface area contributed by atoms with E-state index in [1.54, 1.807) is 11.8 Å². The number of nitrogens with one attached hydrogen (secondary N) is 1. The number of amides is 1. The number of piperazine rings is 1. The first-order chi connectivity index (χ1) is 18.0. The summed E-state index contributed by atoms with van der Waals surface area (Å²) in [6, 6.07) is 17.8. The number of carbonyl (C=O) groups excluding carboxylic acids is 1. The highest BCUT2D eigenvalue weighted by atomic mass is 35.5. The van der Waals surface area contributed by atoms with Gasteiger partial charge >= 0.3 is 0 Å². The number of halogens is 1. The lowest BCUT2D eigenvalue weighted by atomic mass is 10.1. The standard InChI is InChI=1S/C28H32ClN5O2S/c1-20-16-26(34-13-11-33(12-14-34)25-10-3-2-9-24(25)29)32-28(31-20)37-19-21-6-4-7-22(17-21)27(35)30-18-23-8-5-15-36-23/h2-4,6-7,9-10,16-17,23H,5,8,11-15,18-19H2,1H3,(H,30,35)/t23-/m0/s1. The number of ether oxygens (including phenoxy) is 1. The summed E-state index contributed by atoms with van der Waals surface area (Å²) in [6.07, 6.45) is 2.20. The molecule has 0 aliphatic carbocycles. The predicted molar refractivity (Wildman–Crippen MR) is 150 cm³/mol. The van der Waals surface area contributed by atoms with Crippen LogP contribution in [0.3, 0.4) is 0 Å². The van der Waals surface area contributed by atoms with Crippen molar-refractivity contribution in [1.29, 1.82) is 0 Å². The van der Waals surface area contributed by atoms with Gasteiger partial charge in [-0.25, -0.2) is 9.97 Å². The van der Waals surface area contributed by atoms with Crippen LogP contribution in [-0.4, -0.2) is 61.3 Å². The number of benzene rings is 2. The minimum absolute atomic E-state index is 0.0626. The van der Waals surface area contributed by atoms with Crippen LogP contribution < -0.4 is 15.1 Å². The normalized spacial score (nSPS) is 17.7. The summed E-state index contributed by atoms with van der Waals surface area (Å²) in [6.45, 7) is 6.87. The number of aromatic nitrogens is 2. The molecule has 1 N–H and O–H groups in total. The molecule has 5 rings (SSSR count).